The topological polar surface area (TPSA) is 48.7 Å². The first kappa shape index (κ1) is 13.1. The zero-order valence-corrected chi connectivity index (χ0v) is 12.9. The predicted molar refractivity (Wildman–Crippen MR) is 82.7 cm³/mol. The van der Waals surface area contributed by atoms with Crippen LogP contribution in [-0.4, -0.2) is 10.5 Å². The second-order valence-corrected chi connectivity index (χ2v) is 8.58. The molecule has 1 aromatic rings. The molecule has 0 amide bonds. The lowest BCUT2D eigenvalue weighted by molar-refractivity contribution is -0.0973. The summed E-state index contributed by atoms with van der Waals surface area (Å²) < 4.78 is 0. The summed E-state index contributed by atoms with van der Waals surface area (Å²) in [7, 11) is 0. The van der Waals surface area contributed by atoms with Crippen LogP contribution in [0.2, 0.25) is 0 Å². The fraction of sp³-hybridized carbons (Fsp3) is 0.667. The van der Waals surface area contributed by atoms with Crippen molar-refractivity contribution < 1.29 is 0 Å². The van der Waals surface area contributed by atoms with Gasteiger partial charge in [0.25, 0.3) is 0 Å². The Balaban J connectivity index is 1.63. The summed E-state index contributed by atoms with van der Waals surface area (Å²) in [6, 6.07) is 5.96. The zero-order valence-electron chi connectivity index (χ0n) is 12.9. The van der Waals surface area contributed by atoms with Crippen LogP contribution in [0.25, 0.3) is 0 Å². The molecule has 1 aromatic heterocycles. The Bertz CT molecular complexity index is 594. The molecule has 0 radical (unpaired) electrons. The highest BCUT2D eigenvalue weighted by Gasteiger charge is 2.60. The molecule has 21 heavy (non-hydrogen) atoms. The molecule has 3 nitrogen and oxygen atoms in total. The minimum Gasteiger partial charge on any atom is -0.365 e. The number of anilines is 1. The molecule has 4 bridgehead atoms. The monoisotopic (exact) mass is 281 g/mol. The van der Waals surface area contributed by atoms with E-state index < -0.39 is 0 Å². The van der Waals surface area contributed by atoms with Gasteiger partial charge in [0.2, 0.25) is 0 Å². The lowest BCUT2D eigenvalue weighted by Gasteiger charge is -2.65. The van der Waals surface area contributed by atoms with Gasteiger partial charge in [-0.2, -0.15) is 5.26 Å². The smallest absolute Gasteiger partial charge is 0.126 e. The van der Waals surface area contributed by atoms with Gasteiger partial charge in [0.05, 0.1) is 5.56 Å². The summed E-state index contributed by atoms with van der Waals surface area (Å²) in [6.07, 6.45) is 9.72. The van der Waals surface area contributed by atoms with Gasteiger partial charge in [0.1, 0.15) is 11.9 Å². The van der Waals surface area contributed by atoms with Crippen molar-refractivity contribution in [3.63, 3.8) is 0 Å². The molecule has 2 atom stereocenters. The summed E-state index contributed by atoms with van der Waals surface area (Å²) >= 11 is 0. The summed E-state index contributed by atoms with van der Waals surface area (Å²) in [5.41, 5.74) is 1.87. The summed E-state index contributed by atoms with van der Waals surface area (Å²) in [4.78, 5) is 4.44. The maximum Gasteiger partial charge on any atom is 0.126 e. The van der Waals surface area contributed by atoms with E-state index in [-0.39, 0.29) is 5.54 Å². The Morgan fingerprint density at radius 3 is 2.38 bits per heavy atom. The van der Waals surface area contributed by atoms with Crippen LogP contribution in [0, 0.1) is 28.1 Å². The maximum absolute atomic E-state index is 8.89. The van der Waals surface area contributed by atoms with Crippen molar-refractivity contribution in [3.8, 4) is 6.07 Å². The molecular weight excluding hydrogens is 258 g/mol. The third kappa shape index (κ3) is 2.12. The maximum atomic E-state index is 8.89. The van der Waals surface area contributed by atoms with E-state index >= 15 is 0 Å². The standard InChI is InChI=1S/C18H23N3/c1-16-5-14-6-17(2,10-16)12-18(7-14,11-16)21-15-4-3-13(8-19)9-20-15/h3-4,9,14H,5-7,10-12H2,1-2H3,(H,20,21). The second-order valence-electron chi connectivity index (χ2n) is 8.58. The molecule has 1 heterocycles. The van der Waals surface area contributed by atoms with Gasteiger partial charge >= 0.3 is 0 Å². The molecule has 4 fully saturated rings. The van der Waals surface area contributed by atoms with Crippen LogP contribution in [0.1, 0.15) is 57.9 Å². The predicted octanol–water partition coefficient (Wildman–Crippen LogP) is 4.11. The Morgan fingerprint density at radius 1 is 1.14 bits per heavy atom. The van der Waals surface area contributed by atoms with Crippen LogP contribution >= 0.6 is 0 Å². The first-order valence-electron chi connectivity index (χ1n) is 8.06. The van der Waals surface area contributed by atoms with Gasteiger partial charge in [-0.05, 0) is 67.4 Å². The van der Waals surface area contributed by atoms with Gasteiger partial charge in [-0.25, -0.2) is 4.98 Å². The van der Waals surface area contributed by atoms with Gasteiger partial charge in [-0.15, -0.1) is 0 Å². The number of hydrogen-bond acceptors (Lipinski definition) is 3. The fourth-order valence-corrected chi connectivity index (χ4v) is 6.39. The number of hydrogen-bond donors (Lipinski definition) is 1. The molecule has 3 heteroatoms. The quantitative estimate of drug-likeness (QED) is 0.887. The first-order chi connectivity index (χ1) is 9.92. The van der Waals surface area contributed by atoms with Gasteiger partial charge in [0, 0.05) is 11.7 Å². The molecule has 4 aliphatic carbocycles. The molecule has 0 aliphatic heterocycles. The summed E-state index contributed by atoms with van der Waals surface area (Å²) in [5.74, 6) is 1.81. The fourth-order valence-electron chi connectivity index (χ4n) is 6.39. The normalized spacial score (nSPS) is 43.6. The van der Waals surface area contributed by atoms with Crippen LogP contribution in [0.4, 0.5) is 5.82 Å². The molecule has 4 saturated carbocycles. The molecule has 4 aliphatic rings. The van der Waals surface area contributed by atoms with Gasteiger partial charge in [-0.3, -0.25) is 0 Å². The number of rotatable bonds is 2. The molecule has 0 spiro atoms. The minimum atomic E-state index is 0.226. The molecule has 0 aromatic carbocycles. The average Bonchev–Trinajstić information content (AvgIpc) is 2.34. The van der Waals surface area contributed by atoms with Crippen molar-refractivity contribution in [2.75, 3.05) is 5.32 Å². The Labute approximate surface area is 126 Å². The van der Waals surface area contributed by atoms with Crippen molar-refractivity contribution in [3.05, 3.63) is 23.9 Å². The van der Waals surface area contributed by atoms with Crippen LogP contribution in [0.5, 0.6) is 0 Å². The van der Waals surface area contributed by atoms with Crippen LogP contribution in [0.3, 0.4) is 0 Å². The third-order valence-electron chi connectivity index (χ3n) is 5.91. The van der Waals surface area contributed by atoms with E-state index in [9.17, 15) is 0 Å². The van der Waals surface area contributed by atoms with Crippen molar-refractivity contribution in [2.45, 2.75) is 57.9 Å². The molecule has 110 valence electrons. The van der Waals surface area contributed by atoms with Crippen molar-refractivity contribution in [2.24, 2.45) is 16.7 Å². The van der Waals surface area contributed by atoms with Crippen molar-refractivity contribution in [1.29, 1.82) is 5.26 Å². The van der Waals surface area contributed by atoms with Crippen LogP contribution in [0.15, 0.2) is 18.3 Å². The number of pyridine rings is 1. The lowest BCUT2D eigenvalue weighted by atomic mass is 9.43. The SMILES string of the molecule is CC12CC3CC(C)(C1)CC(Nc1ccc(C#N)cn1)(C3)C2. The molecule has 5 rings (SSSR count). The summed E-state index contributed by atoms with van der Waals surface area (Å²) in [5, 5.41) is 12.7. The van der Waals surface area contributed by atoms with Gasteiger partial charge < -0.3 is 5.32 Å². The van der Waals surface area contributed by atoms with E-state index in [1.54, 1.807) is 6.20 Å². The Hall–Kier alpha value is -1.56. The number of nitrogens with one attached hydrogen (secondary N) is 1. The lowest BCUT2D eigenvalue weighted by Crippen LogP contribution is -2.61. The van der Waals surface area contributed by atoms with E-state index in [0.29, 0.717) is 16.4 Å². The molecular formula is C18H23N3. The van der Waals surface area contributed by atoms with E-state index in [2.05, 4.69) is 30.2 Å². The second kappa shape index (κ2) is 4.00. The van der Waals surface area contributed by atoms with E-state index in [1.165, 1.54) is 38.5 Å². The highest BCUT2D eigenvalue weighted by molar-refractivity contribution is 5.42. The van der Waals surface area contributed by atoms with Crippen molar-refractivity contribution >= 4 is 5.82 Å². The molecule has 2 unspecified atom stereocenters. The summed E-state index contributed by atoms with van der Waals surface area (Å²) in [6.45, 7) is 4.97. The Kier molecular flexibility index (Phi) is 2.50. The average molecular weight is 281 g/mol. The van der Waals surface area contributed by atoms with Crippen LogP contribution in [-0.2, 0) is 0 Å². The van der Waals surface area contributed by atoms with E-state index in [1.807, 2.05) is 12.1 Å². The van der Waals surface area contributed by atoms with Gasteiger partial charge in [0.15, 0.2) is 0 Å². The number of nitrogens with zero attached hydrogens (tertiary/aromatic N) is 2. The van der Waals surface area contributed by atoms with E-state index in [4.69, 9.17) is 5.26 Å². The van der Waals surface area contributed by atoms with Gasteiger partial charge in [-0.1, -0.05) is 13.8 Å². The Morgan fingerprint density at radius 2 is 1.86 bits per heavy atom. The highest BCUT2D eigenvalue weighted by Crippen LogP contribution is 2.66. The van der Waals surface area contributed by atoms with Crippen LogP contribution < -0.4 is 5.32 Å². The zero-order chi connectivity index (χ0) is 14.7. The minimum absolute atomic E-state index is 0.226. The number of aromatic nitrogens is 1. The highest BCUT2D eigenvalue weighted by atomic mass is 15.1. The first-order valence-corrected chi connectivity index (χ1v) is 8.06. The molecule has 1 N–H and O–H groups in total. The van der Waals surface area contributed by atoms with Crippen molar-refractivity contribution in [1.82, 2.24) is 4.98 Å². The largest absolute Gasteiger partial charge is 0.365 e. The third-order valence-corrected chi connectivity index (χ3v) is 5.91. The molecule has 0 saturated heterocycles. The number of nitriles is 1. The van der Waals surface area contributed by atoms with E-state index in [0.717, 1.165) is 11.7 Å².